The first-order valence-electron chi connectivity index (χ1n) is 9.65. The van der Waals surface area contributed by atoms with Crippen LogP contribution < -0.4 is 5.56 Å². The van der Waals surface area contributed by atoms with E-state index in [0.29, 0.717) is 17.0 Å². The smallest absolute Gasteiger partial charge is 0.264 e. The van der Waals surface area contributed by atoms with Crippen molar-refractivity contribution >= 4 is 28.1 Å². The lowest BCUT2D eigenvalue weighted by molar-refractivity contribution is 0.0734. The van der Waals surface area contributed by atoms with Crippen LogP contribution in [-0.4, -0.2) is 15.8 Å². The lowest BCUT2D eigenvalue weighted by atomic mass is 10.1. The van der Waals surface area contributed by atoms with Crippen LogP contribution in [0.5, 0.6) is 0 Å². The molecule has 0 radical (unpaired) electrons. The number of nitrogens with one attached hydrogen (secondary N) is 1. The maximum absolute atomic E-state index is 13.1. The summed E-state index contributed by atoms with van der Waals surface area (Å²) in [6, 6.07) is 21.5. The molecular formula is C24H22N2O2S. The zero-order chi connectivity index (χ0) is 20.2. The molecule has 5 heteroatoms. The number of H-pyrrole nitrogens is 1. The first-order chi connectivity index (χ1) is 14.1. The molecule has 0 aliphatic heterocycles. The van der Waals surface area contributed by atoms with Crippen LogP contribution in [0.25, 0.3) is 10.9 Å². The molecule has 29 heavy (non-hydrogen) atoms. The third-order valence-corrected chi connectivity index (χ3v) is 5.85. The number of fused-ring (bicyclic) bond motifs is 1. The number of hydrogen-bond donors (Lipinski definition) is 1. The van der Waals surface area contributed by atoms with E-state index in [2.05, 4.69) is 18.0 Å². The number of aromatic amines is 1. The van der Waals surface area contributed by atoms with Gasteiger partial charge in [0.25, 0.3) is 11.5 Å². The summed E-state index contributed by atoms with van der Waals surface area (Å²) in [4.78, 5) is 31.2. The molecule has 0 saturated carbocycles. The minimum Gasteiger partial charge on any atom is -0.329 e. The molecule has 2 aromatic heterocycles. The Labute approximate surface area is 173 Å². The lowest BCUT2D eigenvalue weighted by Crippen LogP contribution is -2.32. The second kappa shape index (κ2) is 8.45. The Morgan fingerprint density at radius 1 is 0.966 bits per heavy atom. The fourth-order valence-electron chi connectivity index (χ4n) is 3.40. The third-order valence-electron chi connectivity index (χ3n) is 4.99. The number of benzene rings is 2. The van der Waals surface area contributed by atoms with Gasteiger partial charge in [-0.05, 0) is 52.6 Å². The maximum atomic E-state index is 13.1. The summed E-state index contributed by atoms with van der Waals surface area (Å²) in [6.07, 6.45) is 0.932. The topological polar surface area (TPSA) is 53.2 Å². The van der Waals surface area contributed by atoms with E-state index in [9.17, 15) is 9.59 Å². The van der Waals surface area contributed by atoms with E-state index in [1.165, 1.54) is 16.9 Å². The van der Waals surface area contributed by atoms with E-state index in [1.807, 2.05) is 66.0 Å². The van der Waals surface area contributed by atoms with Gasteiger partial charge in [0.2, 0.25) is 0 Å². The van der Waals surface area contributed by atoms with Gasteiger partial charge in [0, 0.05) is 17.6 Å². The second-order valence-corrected chi connectivity index (χ2v) is 7.97. The number of amides is 1. The van der Waals surface area contributed by atoms with Gasteiger partial charge in [-0.3, -0.25) is 9.59 Å². The van der Waals surface area contributed by atoms with Crippen molar-refractivity contribution in [2.45, 2.75) is 26.4 Å². The van der Waals surface area contributed by atoms with Crippen LogP contribution in [0.4, 0.5) is 0 Å². The summed E-state index contributed by atoms with van der Waals surface area (Å²) in [6.45, 7) is 2.81. The molecule has 146 valence electrons. The van der Waals surface area contributed by atoms with E-state index < -0.39 is 0 Å². The van der Waals surface area contributed by atoms with Crippen molar-refractivity contribution in [1.82, 2.24) is 9.88 Å². The zero-order valence-corrected chi connectivity index (χ0v) is 17.0. The average molecular weight is 403 g/mol. The molecule has 0 atom stereocenters. The van der Waals surface area contributed by atoms with Gasteiger partial charge >= 0.3 is 0 Å². The fourth-order valence-corrected chi connectivity index (χ4v) is 4.09. The molecule has 0 fully saturated rings. The third kappa shape index (κ3) is 4.30. The van der Waals surface area contributed by atoms with Gasteiger partial charge < -0.3 is 9.88 Å². The van der Waals surface area contributed by atoms with E-state index in [1.54, 1.807) is 4.90 Å². The highest BCUT2D eigenvalue weighted by Crippen LogP contribution is 2.19. The number of aromatic nitrogens is 1. The summed E-state index contributed by atoms with van der Waals surface area (Å²) >= 11 is 1.42. The monoisotopic (exact) mass is 402 g/mol. The lowest BCUT2D eigenvalue weighted by Gasteiger charge is -2.22. The van der Waals surface area contributed by atoms with Gasteiger partial charge in [-0.1, -0.05) is 49.4 Å². The highest BCUT2D eigenvalue weighted by Gasteiger charge is 2.19. The Balaban J connectivity index is 1.70. The molecule has 0 spiro atoms. The van der Waals surface area contributed by atoms with E-state index in [-0.39, 0.29) is 18.0 Å². The summed E-state index contributed by atoms with van der Waals surface area (Å²) in [5.41, 5.74) is 3.50. The van der Waals surface area contributed by atoms with Crippen molar-refractivity contribution in [3.8, 4) is 0 Å². The number of carbonyl (C=O) groups excluding carboxylic acids is 1. The SMILES string of the molecule is CCc1ccc2[nH]c(=O)c(CN(Cc3ccccc3)C(=O)c3cccs3)cc2c1. The van der Waals surface area contributed by atoms with Gasteiger partial charge in [-0.2, -0.15) is 0 Å². The molecule has 4 aromatic rings. The maximum Gasteiger partial charge on any atom is 0.264 e. The molecule has 1 N–H and O–H groups in total. The molecule has 4 rings (SSSR count). The highest BCUT2D eigenvalue weighted by atomic mass is 32.1. The molecule has 0 bridgehead atoms. The van der Waals surface area contributed by atoms with E-state index >= 15 is 0 Å². The van der Waals surface area contributed by atoms with E-state index in [0.717, 1.165) is 22.9 Å². The predicted octanol–water partition coefficient (Wildman–Crippen LogP) is 4.99. The predicted molar refractivity (Wildman–Crippen MR) is 118 cm³/mol. The number of hydrogen-bond acceptors (Lipinski definition) is 3. The first kappa shape index (κ1) is 19.2. The number of rotatable bonds is 6. The van der Waals surface area contributed by atoms with Crippen molar-refractivity contribution in [2.24, 2.45) is 0 Å². The summed E-state index contributed by atoms with van der Waals surface area (Å²) in [7, 11) is 0. The van der Waals surface area contributed by atoms with Gasteiger partial charge in [0.1, 0.15) is 0 Å². The second-order valence-electron chi connectivity index (χ2n) is 7.02. The van der Waals surface area contributed by atoms with Crippen molar-refractivity contribution in [1.29, 1.82) is 0 Å². The zero-order valence-electron chi connectivity index (χ0n) is 16.2. The largest absolute Gasteiger partial charge is 0.329 e. The number of carbonyl (C=O) groups is 1. The van der Waals surface area contributed by atoms with Crippen molar-refractivity contribution in [2.75, 3.05) is 0 Å². The number of pyridine rings is 1. The molecule has 0 saturated heterocycles. The molecule has 0 unspecified atom stereocenters. The standard InChI is InChI=1S/C24H22N2O2S/c1-2-17-10-11-21-19(13-17)14-20(23(27)25-21)16-26(15-18-7-4-3-5-8-18)24(28)22-9-6-12-29-22/h3-14H,2,15-16H2,1H3,(H,25,27). The van der Waals surface area contributed by atoms with Gasteiger partial charge in [-0.25, -0.2) is 0 Å². The molecule has 2 heterocycles. The molecule has 4 nitrogen and oxygen atoms in total. The van der Waals surface area contributed by atoms with Crippen molar-refractivity contribution < 1.29 is 4.79 Å². The van der Waals surface area contributed by atoms with Crippen LogP contribution in [0.1, 0.15) is 33.3 Å². The minimum atomic E-state index is -0.154. The fraction of sp³-hybridized carbons (Fsp3) is 0.167. The molecule has 2 aromatic carbocycles. The van der Waals surface area contributed by atoms with Gasteiger partial charge in [-0.15, -0.1) is 11.3 Å². The molecule has 0 aliphatic rings. The van der Waals surface area contributed by atoms with Crippen LogP contribution in [0.3, 0.4) is 0 Å². The quantitative estimate of drug-likeness (QED) is 0.494. The van der Waals surface area contributed by atoms with Crippen molar-refractivity contribution in [3.63, 3.8) is 0 Å². The highest BCUT2D eigenvalue weighted by molar-refractivity contribution is 7.12. The Bertz CT molecular complexity index is 1180. The summed E-state index contributed by atoms with van der Waals surface area (Å²) in [5.74, 6) is -0.0642. The Morgan fingerprint density at radius 2 is 1.79 bits per heavy atom. The first-order valence-corrected chi connectivity index (χ1v) is 10.5. The van der Waals surface area contributed by atoms with Crippen molar-refractivity contribution in [3.05, 3.63) is 104 Å². The minimum absolute atomic E-state index is 0.0642. The van der Waals surface area contributed by atoms with Crippen LogP contribution in [0, 0.1) is 0 Å². The van der Waals surface area contributed by atoms with Crippen LogP contribution in [0.15, 0.2) is 76.9 Å². The summed E-state index contributed by atoms with van der Waals surface area (Å²) in [5, 5.41) is 2.88. The normalized spacial score (nSPS) is 10.9. The summed E-state index contributed by atoms with van der Waals surface area (Å²) < 4.78 is 0. The average Bonchev–Trinajstić information content (AvgIpc) is 3.28. The number of nitrogens with zero attached hydrogens (tertiary/aromatic N) is 1. The van der Waals surface area contributed by atoms with E-state index in [4.69, 9.17) is 0 Å². The number of thiophene rings is 1. The van der Waals surface area contributed by atoms with Crippen LogP contribution in [0.2, 0.25) is 0 Å². The van der Waals surface area contributed by atoms with Crippen LogP contribution in [-0.2, 0) is 19.5 Å². The molecule has 1 amide bonds. The Kier molecular flexibility index (Phi) is 5.58. The van der Waals surface area contributed by atoms with Gasteiger partial charge in [0.05, 0.1) is 11.4 Å². The number of aryl methyl sites for hydroxylation is 1. The Morgan fingerprint density at radius 3 is 2.52 bits per heavy atom. The Hall–Kier alpha value is -3.18. The molecular weight excluding hydrogens is 380 g/mol. The molecule has 0 aliphatic carbocycles. The van der Waals surface area contributed by atoms with Crippen LogP contribution >= 0.6 is 11.3 Å². The van der Waals surface area contributed by atoms with Gasteiger partial charge in [0.15, 0.2) is 0 Å².